The highest BCUT2D eigenvalue weighted by Crippen LogP contribution is 1.98. The van der Waals surface area contributed by atoms with Gasteiger partial charge in [0.2, 0.25) is 0 Å². The quantitative estimate of drug-likeness (QED) is 0.689. The SMILES string of the molecule is C#COCc1ccccc1.c1ccccc1. The number of benzene rings is 2. The van der Waals surface area contributed by atoms with E-state index in [9.17, 15) is 0 Å². The normalized spacial score (nSPS) is 8.19. The molecular formula is C15H14O. The van der Waals surface area contributed by atoms with Crippen molar-refractivity contribution in [1.82, 2.24) is 0 Å². The van der Waals surface area contributed by atoms with Crippen LogP contribution in [0, 0.1) is 12.5 Å². The molecule has 0 atom stereocenters. The van der Waals surface area contributed by atoms with Gasteiger partial charge in [-0.2, -0.15) is 0 Å². The Balaban J connectivity index is 0.000000181. The molecule has 80 valence electrons. The Morgan fingerprint density at radius 3 is 1.69 bits per heavy atom. The molecule has 0 radical (unpaired) electrons. The summed E-state index contributed by atoms with van der Waals surface area (Å²) in [6, 6.07) is 21.8. The number of terminal acetylenes is 1. The molecule has 0 aliphatic heterocycles. The van der Waals surface area contributed by atoms with Crippen molar-refractivity contribution in [3.8, 4) is 12.5 Å². The summed E-state index contributed by atoms with van der Waals surface area (Å²) in [5.74, 6) is 0. The summed E-state index contributed by atoms with van der Waals surface area (Å²) in [4.78, 5) is 0. The van der Waals surface area contributed by atoms with E-state index in [1.165, 1.54) is 0 Å². The zero-order valence-corrected chi connectivity index (χ0v) is 9.04. The second kappa shape index (κ2) is 8.14. The van der Waals surface area contributed by atoms with Crippen LogP contribution >= 0.6 is 0 Å². The van der Waals surface area contributed by atoms with Gasteiger partial charge >= 0.3 is 0 Å². The third kappa shape index (κ3) is 5.51. The second-order valence-electron chi connectivity index (χ2n) is 3.05. The Labute approximate surface area is 96.7 Å². The lowest BCUT2D eigenvalue weighted by Gasteiger charge is -1.95. The molecule has 0 heterocycles. The van der Waals surface area contributed by atoms with Crippen molar-refractivity contribution in [2.24, 2.45) is 0 Å². The van der Waals surface area contributed by atoms with Gasteiger partial charge in [-0.3, -0.25) is 0 Å². The molecule has 0 aromatic heterocycles. The van der Waals surface area contributed by atoms with Crippen LogP contribution in [0.5, 0.6) is 0 Å². The predicted octanol–water partition coefficient (Wildman–Crippen LogP) is 3.48. The smallest absolute Gasteiger partial charge is 0.125 e. The van der Waals surface area contributed by atoms with E-state index in [1.807, 2.05) is 66.7 Å². The molecule has 2 aromatic carbocycles. The van der Waals surface area contributed by atoms with Gasteiger partial charge in [0.25, 0.3) is 0 Å². The van der Waals surface area contributed by atoms with Gasteiger partial charge in [-0.05, 0) is 5.56 Å². The molecule has 0 spiro atoms. The summed E-state index contributed by atoms with van der Waals surface area (Å²) in [5, 5.41) is 0. The molecule has 0 unspecified atom stereocenters. The number of ether oxygens (including phenoxy) is 1. The highest BCUT2D eigenvalue weighted by Gasteiger charge is 1.86. The maximum Gasteiger partial charge on any atom is 0.125 e. The third-order valence-electron chi connectivity index (χ3n) is 1.83. The lowest BCUT2D eigenvalue weighted by atomic mass is 10.2. The van der Waals surface area contributed by atoms with Gasteiger partial charge in [-0.25, -0.2) is 0 Å². The van der Waals surface area contributed by atoms with Crippen LogP contribution in [0.3, 0.4) is 0 Å². The summed E-state index contributed by atoms with van der Waals surface area (Å²) < 4.78 is 4.75. The minimum atomic E-state index is 0.497. The van der Waals surface area contributed by atoms with Gasteiger partial charge in [0, 0.05) is 0 Å². The maximum absolute atomic E-state index is 4.90. The van der Waals surface area contributed by atoms with Crippen LogP contribution in [0.15, 0.2) is 66.7 Å². The van der Waals surface area contributed by atoms with E-state index in [2.05, 4.69) is 6.11 Å². The van der Waals surface area contributed by atoms with E-state index in [0.29, 0.717) is 6.61 Å². The Bertz CT molecular complexity index is 374. The molecule has 1 nitrogen and oxygen atoms in total. The van der Waals surface area contributed by atoms with E-state index in [-0.39, 0.29) is 0 Å². The van der Waals surface area contributed by atoms with E-state index < -0.39 is 0 Å². The first kappa shape index (κ1) is 11.9. The van der Waals surface area contributed by atoms with Crippen LogP contribution in [0.1, 0.15) is 5.56 Å². The first-order valence-corrected chi connectivity index (χ1v) is 5.05. The van der Waals surface area contributed by atoms with Crippen molar-refractivity contribution in [2.45, 2.75) is 6.61 Å². The molecule has 0 aliphatic rings. The summed E-state index contributed by atoms with van der Waals surface area (Å²) >= 11 is 0. The number of hydrogen-bond donors (Lipinski definition) is 0. The van der Waals surface area contributed by atoms with Crippen molar-refractivity contribution in [3.05, 3.63) is 72.3 Å². The fourth-order valence-electron chi connectivity index (χ4n) is 1.08. The zero-order valence-electron chi connectivity index (χ0n) is 9.04. The van der Waals surface area contributed by atoms with Crippen LogP contribution in [0.2, 0.25) is 0 Å². The number of hydrogen-bond acceptors (Lipinski definition) is 1. The lowest BCUT2D eigenvalue weighted by Crippen LogP contribution is -1.84. The van der Waals surface area contributed by atoms with Crippen LogP contribution in [-0.4, -0.2) is 0 Å². The van der Waals surface area contributed by atoms with Gasteiger partial charge in [-0.1, -0.05) is 73.2 Å². The van der Waals surface area contributed by atoms with Gasteiger partial charge in [0.05, 0.1) is 0 Å². The van der Waals surface area contributed by atoms with Crippen molar-refractivity contribution in [1.29, 1.82) is 0 Å². The maximum atomic E-state index is 4.90. The van der Waals surface area contributed by atoms with Gasteiger partial charge < -0.3 is 4.74 Å². The minimum Gasteiger partial charge on any atom is -0.442 e. The van der Waals surface area contributed by atoms with E-state index in [1.54, 1.807) is 0 Å². The van der Waals surface area contributed by atoms with Crippen molar-refractivity contribution in [3.63, 3.8) is 0 Å². The van der Waals surface area contributed by atoms with E-state index >= 15 is 0 Å². The average Bonchev–Trinajstić information content (AvgIpc) is 2.40. The van der Waals surface area contributed by atoms with E-state index in [0.717, 1.165) is 5.56 Å². The standard InChI is InChI=1S/C9H8O.C6H6/c1-2-10-8-9-6-4-3-5-7-9;1-2-4-6-5-3-1/h1,3-7H,8H2;1-6H. The molecule has 0 fully saturated rings. The molecule has 1 heteroatoms. The molecule has 0 saturated heterocycles. The molecule has 0 aliphatic carbocycles. The Hall–Kier alpha value is -2.20. The van der Waals surface area contributed by atoms with Gasteiger partial charge in [0.1, 0.15) is 12.7 Å². The average molecular weight is 210 g/mol. The zero-order chi connectivity index (χ0) is 11.5. The van der Waals surface area contributed by atoms with Gasteiger partial charge in [-0.15, -0.1) is 0 Å². The van der Waals surface area contributed by atoms with Crippen molar-refractivity contribution < 1.29 is 4.74 Å². The van der Waals surface area contributed by atoms with Crippen LogP contribution < -0.4 is 0 Å². The summed E-state index contributed by atoms with van der Waals surface area (Å²) in [6.45, 7) is 0.497. The third-order valence-corrected chi connectivity index (χ3v) is 1.83. The van der Waals surface area contributed by atoms with Crippen LogP contribution in [0.4, 0.5) is 0 Å². The second-order valence-corrected chi connectivity index (χ2v) is 3.05. The minimum absolute atomic E-state index is 0.497. The highest BCUT2D eigenvalue weighted by molar-refractivity contribution is 5.13. The molecule has 2 aromatic rings. The first-order chi connectivity index (χ1) is 7.93. The topological polar surface area (TPSA) is 9.23 Å². The molecular weight excluding hydrogens is 196 g/mol. The molecule has 16 heavy (non-hydrogen) atoms. The predicted molar refractivity (Wildman–Crippen MR) is 66.5 cm³/mol. The summed E-state index contributed by atoms with van der Waals surface area (Å²) in [6.07, 6.45) is 7.02. The molecule has 0 amide bonds. The summed E-state index contributed by atoms with van der Waals surface area (Å²) in [5.41, 5.74) is 1.10. The number of rotatable bonds is 2. The van der Waals surface area contributed by atoms with E-state index in [4.69, 9.17) is 11.2 Å². The van der Waals surface area contributed by atoms with Crippen LogP contribution in [-0.2, 0) is 11.3 Å². The lowest BCUT2D eigenvalue weighted by molar-refractivity contribution is 0.265. The fraction of sp³-hybridized carbons (Fsp3) is 0.0667. The molecule has 0 bridgehead atoms. The highest BCUT2D eigenvalue weighted by atomic mass is 16.5. The Kier molecular flexibility index (Phi) is 6.04. The summed E-state index contributed by atoms with van der Waals surface area (Å²) in [7, 11) is 0. The van der Waals surface area contributed by atoms with Crippen molar-refractivity contribution in [2.75, 3.05) is 0 Å². The fourth-order valence-corrected chi connectivity index (χ4v) is 1.08. The molecule has 0 saturated carbocycles. The largest absolute Gasteiger partial charge is 0.442 e. The van der Waals surface area contributed by atoms with Crippen LogP contribution in [0.25, 0.3) is 0 Å². The molecule has 0 N–H and O–H groups in total. The monoisotopic (exact) mass is 210 g/mol. The first-order valence-electron chi connectivity index (χ1n) is 5.05. The molecule has 2 rings (SSSR count). The Morgan fingerprint density at radius 1 is 0.812 bits per heavy atom. The van der Waals surface area contributed by atoms with Crippen molar-refractivity contribution >= 4 is 0 Å². The Morgan fingerprint density at radius 2 is 1.25 bits per heavy atom. The van der Waals surface area contributed by atoms with Gasteiger partial charge in [0.15, 0.2) is 0 Å².